The minimum absolute atomic E-state index is 0.0732. The Kier molecular flexibility index (Phi) is 3.73. The predicted molar refractivity (Wildman–Crippen MR) is 59.0 cm³/mol. The zero-order chi connectivity index (χ0) is 12.3. The van der Waals surface area contributed by atoms with Crippen LogP contribution in [0.1, 0.15) is 34.1 Å². The number of ether oxygens (including phenoxy) is 2. The van der Waals surface area contributed by atoms with Crippen LogP contribution in [0.15, 0.2) is 12.2 Å². The summed E-state index contributed by atoms with van der Waals surface area (Å²) in [5.74, 6) is -0.0264. The standard InChI is InChI=1S/C12H18O4/c1-8-7-9(5-6-10(8)13)15-11(14)16-12(2,3)4/h5-6,8-9H,7H2,1-4H3/t8-,9+/m1/s1. The van der Waals surface area contributed by atoms with Crippen molar-refractivity contribution >= 4 is 11.9 Å². The van der Waals surface area contributed by atoms with Crippen molar-refractivity contribution in [1.82, 2.24) is 0 Å². The Morgan fingerprint density at radius 2 is 2.06 bits per heavy atom. The second kappa shape index (κ2) is 4.68. The first-order chi connectivity index (χ1) is 7.28. The Balaban J connectivity index is 2.47. The van der Waals surface area contributed by atoms with E-state index in [1.807, 2.05) is 6.92 Å². The molecule has 90 valence electrons. The van der Waals surface area contributed by atoms with Crippen molar-refractivity contribution < 1.29 is 19.1 Å². The van der Waals surface area contributed by atoms with Crippen LogP contribution in [0.25, 0.3) is 0 Å². The van der Waals surface area contributed by atoms with Gasteiger partial charge in [0.15, 0.2) is 5.78 Å². The summed E-state index contributed by atoms with van der Waals surface area (Å²) >= 11 is 0. The molecule has 2 atom stereocenters. The lowest BCUT2D eigenvalue weighted by Gasteiger charge is -2.24. The van der Waals surface area contributed by atoms with E-state index in [1.165, 1.54) is 6.08 Å². The van der Waals surface area contributed by atoms with Gasteiger partial charge in [-0.3, -0.25) is 4.79 Å². The molecule has 0 amide bonds. The molecule has 1 rings (SSSR count). The van der Waals surface area contributed by atoms with E-state index < -0.39 is 11.8 Å². The van der Waals surface area contributed by atoms with Gasteiger partial charge < -0.3 is 9.47 Å². The third kappa shape index (κ3) is 4.04. The molecular weight excluding hydrogens is 208 g/mol. The van der Waals surface area contributed by atoms with Crippen LogP contribution in [-0.2, 0) is 14.3 Å². The fraction of sp³-hybridized carbons (Fsp3) is 0.667. The molecule has 4 nitrogen and oxygen atoms in total. The van der Waals surface area contributed by atoms with Crippen LogP contribution >= 0.6 is 0 Å². The average Bonchev–Trinajstić information content (AvgIpc) is 2.08. The van der Waals surface area contributed by atoms with E-state index in [2.05, 4.69) is 0 Å². The zero-order valence-electron chi connectivity index (χ0n) is 10.1. The Morgan fingerprint density at radius 3 is 2.56 bits per heavy atom. The average molecular weight is 226 g/mol. The van der Waals surface area contributed by atoms with Gasteiger partial charge in [0.2, 0.25) is 0 Å². The molecule has 0 radical (unpaired) electrons. The zero-order valence-corrected chi connectivity index (χ0v) is 10.1. The molecule has 0 saturated heterocycles. The highest BCUT2D eigenvalue weighted by Crippen LogP contribution is 2.19. The van der Waals surface area contributed by atoms with E-state index in [0.717, 1.165) is 0 Å². The van der Waals surface area contributed by atoms with Gasteiger partial charge in [0.1, 0.15) is 11.7 Å². The Labute approximate surface area is 95.6 Å². The summed E-state index contributed by atoms with van der Waals surface area (Å²) in [4.78, 5) is 22.5. The van der Waals surface area contributed by atoms with Crippen molar-refractivity contribution in [2.75, 3.05) is 0 Å². The maximum Gasteiger partial charge on any atom is 0.509 e. The maximum absolute atomic E-state index is 11.4. The molecule has 1 aliphatic rings. The van der Waals surface area contributed by atoms with Crippen molar-refractivity contribution in [3.8, 4) is 0 Å². The molecule has 0 bridgehead atoms. The Morgan fingerprint density at radius 1 is 1.44 bits per heavy atom. The minimum Gasteiger partial charge on any atom is -0.429 e. The molecule has 0 aromatic heterocycles. The predicted octanol–water partition coefficient (Wildman–Crippen LogP) is 2.47. The van der Waals surface area contributed by atoms with E-state index in [-0.39, 0.29) is 17.8 Å². The van der Waals surface area contributed by atoms with Crippen molar-refractivity contribution in [2.24, 2.45) is 5.92 Å². The number of hydrogen-bond donors (Lipinski definition) is 0. The number of rotatable bonds is 1. The topological polar surface area (TPSA) is 52.6 Å². The lowest BCUT2D eigenvalue weighted by molar-refractivity contribution is -0.119. The van der Waals surface area contributed by atoms with Gasteiger partial charge >= 0.3 is 6.16 Å². The molecule has 0 unspecified atom stereocenters. The highest BCUT2D eigenvalue weighted by molar-refractivity contribution is 5.92. The molecule has 0 fully saturated rings. The van der Waals surface area contributed by atoms with E-state index in [9.17, 15) is 9.59 Å². The summed E-state index contributed by atoms with van der Waals surface area (Å²) in [6.45, 7) is 7.14. The smallest absolute Gasteiger partial charge is 0.429 e. The largest absolute Gasteiger partial charge is 0.509 e. The molecule has 0 aromatic carbocycles. The van der Waals surface area contributed by atoms with Gasteiger partial charge in [0, 0.05) is 5.92 Å². The van der Waals surface area contributed by atoms with Crippen LogP contribution in [0.2, 0.25) is 0 Å². The van der Waals surface area contributed by atoms with Crippen LogP contribution < -0.4 is 0 Å². The van der Waals surface area contributed by atoms with Crippen LogP contribution in [0.3, 0.4) is 0 Å². The Bertz CT molecular complexity index is 311. The molecule has 0 saturated carbocycles. The van der Waals surface area contributed by atoms with Gasteiger partial charge in [0.05, 0.1) is 0 Å². The second-order valence-electron chi connectivity index (χ2n) is 5.02. The molecule has 0 N–H and O–H groups in total. The SMILES string of the molecule is C[C@@H]1C[C@@H](OC(=O)OC(C)(C)C)C=CC1=O. The van der Waals surface area contributed by atoms with E-state index in [4.69, 9.17) is 9.47 Å². The van der Waals surface area contributed by atoms with Gasteiger partial charge in [-0.05, 0) is 39.3 Å². The molecular formula is C12H18O4. The minimum atomic E-state index is -0.691. The van der Waals surface area contributed by atoms with Crippen LogP contribution in [-0.4, -0.2) is 23.6 Å². The van der Waals surface area contributed by atoms with Gasteiger partial charge in [-0.1, -0.05) is 6.92 Å². The maximum atomic E-state index is 11.4. The fourth-order valence-corrected chi connectivity index (χ4v) is 1.39. The quantitative estimate of drug-likeness (QED) is 0.644. The van der Waals surface area contributed by atoms with Crippen LogP contribution in [0.4, 0.5) is 4.79 Å². The first-order valence-corrected chi connectivity index (χ1v) is 5.39. The summed E-state index contributed by atoms with van der Waals surface area (Å²) in [7, 11) is 0. The van der Waals surface area contributed by atoms with Crippen molar-refractivity contribution in [3.05, 3.63) is 12.2 Å². The molecule has 1 aliphatic carbocycles. The van der Waals surface area contributed by atoms with E-state index in [0.29, 0.717) is 6.42 Å². The number of carbonyl (C=O) groups is 2. The highest BCUT2D eigenvalue weighted by Gasteiger charge is 2.25. The highest BCUT2D eigenvalue weighted by atomic mass is 16.7. The lowest BCUT2D eigenvalue weighted by atomic mass is 9.93. The van der Waals surface area contributed by atoms with E-state index >= 15 is 0 Å². The third-order valence-electron chi connectivity index (χ3n) is 2.18. The second-order valence-corrected chi connectivity index (χ2v) is 5.02. The molecule has 0 heterocycles. The van der Waals surface area contributed by atoms with Gasteiger partial charge in [-0.25, -0.2) is 4.79 Å². The molecule has 16 heavy (non-hydrogen) atoms. The molecule has 0 spiro atoms. The summed E-state index contributed by atoms with van der Waals surface area (Å²) in [5, 5.41) is 0. The first kappa shape index (κ1) is 12.7. The summed E-state index contributed by atoms with van der Waals surface area (Å²) in [5.41, 5.74) is -0.559. The van der Waals surface area contributed by atoms with E-state index in [1.54, 1.807) is 26.8 Å². The molecule has 0 aromatic rings. The van der Waals surface area contributed by atoms with Gasteiger partial charge in [0.25, 0.3) is 0 Å². The number of ketones is 1. The number of carbonyl (C=O) groups excluding carboxylic acids is 2. The lowest BCUT2D eigenvalue weighted by Crippen LogP contribution is -2.30. The first-order valence-electron chi connectivity index (χ1n) is 5.39. The van der Waals surface area contributed by atoms with Crippen LogP contribution in [0.5, 0.6) is 0 Å². The van der Waals surface area contributed by atoms with Crippen molar-refractivity contribution in [3.63, 3.8) is 0 Å². The fourth-order valence-electron chi connectivity index (χ4n) is 1.39. The van der Waals surface area contributed by atoms with Crippen LogP contribution in [0, 0.1) is 5.92 Å². The normalized spacial score (nSPS) is 25.4. The summed E-state index contributed by atoms with van der Waals surface area (Å²) in [6, 6.07) is 0. The number of hydrogen-bond acceptors (Lipinski definition) is 4. The van der Waals surface area contributed by atoms with Gasteiger partial charge in [-0.15, -0.1) is 0 Å². The molecule has 0 aliphatic heterocycles. The van der Waals surface area contributed by atoms with Crippen molar-refractivity contribution in [2.45, 2.75) is 45.8 Å². The molecule has 4 heteroatoms. The summed E-state index contributed by atoms with van der Waals surface area (Å²) < 4.78 is 10.1. The van der Waals surface area contributed by atoms with Gasteiger partial charge in [-0.2, -0.15) is 0 Å². The number of allylic oxidation sites excluding steroid dienone is 1. The monoisotopic (exact) mass is 226 g/mol. The third-order valence-corrected chi connectivity index (χ3v) is 2.18. The van der Waals surface area contributed by atoms with Crippen molar-refractivity contribution in [1.29, 1.82) is 0 Å². The summed E-state index contributed by atoms with van der Waals surface area (Å²) in [6.07, 6.45) is 2.54. The Hall–Kier alpha value is -1.32.